The van der Waals surface area contributed by atoms with Gasteiger partial charge in [0.2, 0.25) is 0 Å². The number of nitrogens with one attached hydrogen (secondary N) is 2. The van der Waals surface area contributed by atoms with Crippen LogP contribution < -0.4 is 5.32 Å². The molecule has 0 radical (unpaired) electrons. The van der Waals surface area contributed by atoms with Crippen LogP contribution in [0, 0.1) is 36.4 Å². The fraction of sp³-hybridized carbons (Fsp3) is 0.292. The number of halogens is 1. The minimum atomic E-state index is -0.219. The molecule has 0 amide bonds. The topological polar surface area (TPSA) is 35.9 Å². The molecule has 142 valence electrons. The average molecular weight is 365 g/mol. The molecule has 0 heterocycles. The van der Waals surface area contributed by atoms with Crippen LogP contribution in [-0.4, -0.2) is 12.8 Å². The molecule has 1 unspecified atom stereocenters. The quantitative estimate of drug-likeness (QED) is 0.336. The van der Waals surface area contributed by atoms with Crippen molar-refractivity contribution in [2.75, 3.05) is 11.9 Å². The van der Waals surface area contributed by atoms with Crippen LogP contribution in [0.3, 0.4) is 0 Å². The molecule has 0 saturated heterocycles. The van der Waals surface area contributed by atoms with Gasteiger partial charge in [-0.25, -0.2) is 4.39 Å². The van der Waals surface area contributed by atoms with Crippen LogP contribution in [0.15, 0.2) is 54.6 Å². The average Bonchev–Trinajstić information content (AvgIpc) is 2.67. The van der Waals surface area contributed by atoms with Gasteiger partial charge >= 0.3 is 0 Å². The molecule has 0 spiro atoms. The van der Waals surface area contributed by atoms with Crippen molar-refractivity contribution in [3.8, 4) is 12.8 Å². The molecule has 2 N–H and O–H groups in total. The number of aryl methyl sites for hydroxylation is 1. The first-order chi connectivity index (χ1) is 12.9. The Morgan fingerprint density at radius 2 is 1.96 bits per heavy atom. The van der Waals surface area contributed by atoms with E-state index in [0.29, 0.717) is 6.54 Å². The first-order valence-corrected chi connectivity index (χ1v) is 8.98. The lowest BCUT2D eigenvalue weighted by molar-refractivity contribution is 0.400. The Labute approximate surface area is 163 Å². The summed E-state index contributed by atoms with van der Waals surface area (Å²) < 4.78 is 13.6. The van der Waals surface area contributed by atoms with Gasteiger partial charge in [0.25, 0.3) is 0 Å². The van der Waals surface area contributed by atoms with E-state index < -0.39 is 0 Å². The summed E-state index contributed by atoms with van der Waals surface area (Å²) in [4.78, 5) is 0. The van der Waals surface area contributed by atoms with E-state index in [1.807, 2.05) is 31.2 Å². The molecule has 0 bridgehead atoms. The molecule has 0 saturated carbocycles. The Bertz CT molecular complexity index is 787. The van der Waals surface area contributed by atoms with Crippen molar-refractivity contribution in [3.05, 3.63) is 77.1 Å². The van der Waals surface area contributed by atoms with Crippen LogP contribution in [0.5, 0.6) is 0 Å². The number of hydrogen-bond acceptors (Lipinski definition) is 2. The van der Waals surface area contributed by atoms with Gasteiger partial charge in [-0.3, -0.25) is 0 Å². The lowest BCUT2D eigenvalue weighted by Crippen LogP contribution is -2.28. The van der Waals surface area contributed by atoms with Crippen molar-refractivity contribution in [1.82, 2.24) is 0 Å². The van der Waals surface area contributed by atoms with Gasteiger partial charge in [-0.1, -0.05) is 44.2 Å². The van der Waals surface area contributed by atoms with Crippen molar-refractivity contribution in [2.45, 2.75) is 33.6 Å². The molecule has 0 aliphatic carbocycles. The molecule has 27 heavy (non-hydrogen) atoms. The zero-order valence-corrected chi connectivity index (χ0v) is 16.5. The zero-order valence-electron chi connectivity index (χ0n) is 16.5. The summed E-state index contributed by atoms with van der Waals surface area (Å²) in [6.45, 7) is 11.3. The maximum atomic E-state index is 13.6. The van der Waals surface area contributed by atoms with Gasteiger partial charge in [0.1, 0.15) is 5.82 Å². The minimum Gasteiger partial charge on any atom is -0.384 e. The molecule has 0 aliphatic heterocycles. The molecule has 2 aromatic rings. The number of anilines is 1. The summed E-state index contributed by atoms with van der Waals surface area (Å²) in [6.07, 6.45) is 11.1. The standard InChI is InChI=1S/C22H27FN2.C2H2/c1-5-22(4,15-25-21-10-16(2)9-20(23)13-21)17(3)11-18-7-6-8-19(12-18)14-24;1-2/h6-10,12-14,24-25H,3,5,11,15H2,1-2,4H3;1-2H. The number of benzene rings is 2. The van der Waals surface area contributed by atoms with Gasteiger partial charge in [0.15, 0.2) is 0 Å². The van der Waals surface area contributed by atoms with Crippen molar-refractivity contribution < 1.29 is 4.39 Å². The van der Waals surface area contributed by atoms with Crippen LogP contribution in [0.25, 0.3) is 0 Å². The number of rotatable bonds is 8. The molecule has 0 aliphatic rings. The molecule has 0 aromatic heterocycles. The minimum absolute atomic E-state index is 0.0963. The van der Waals surface area contributed by atoms with E-state index in [4.69, 9.17) is 5.41 Å². The summed E-state index contributed by atoms with van der Waals surface area (Å²) >= 11 is 0. The largest absolute Gasteiger partial charge is 0.384 e. The van der Waals surface area contributed by atoms with Gasteiger partial charge in [0.05, 0.1) is 0 Å². The second kappa shape index (κ2) is 10.3. The summed E-state index contributed by atoms with van der Waals surface area (Å²) in [5, 5.41) is 10.8. The highest BCUT2D eigenvalue weighted by Crippen LogP contribution is 2.32. The fourth-order valence-electron chi connectivity index (χ4n) is 2.89. The van der Waals surface area contributed by atoms with E-state index in [2.05, 4.69) is 44.7 Å². The first kappa shape index (κ1) is 22.2. The van der Waals surface area contributed by atoms with Gasteiger partial charge in [-0.15, -0.1) is 12.8 Å². The lowest BCUT2D eigenvalue weighted by Gasteiger charge is -2.32. The molecular formula is C24H29FN2. The van der Waals surface area contributed by atoms with E-state index in [1.165, 1.54) is 18.3 Å². The molecular weight excluding hydrogens is 335 g/mol. The highest BCUT2D eigenvalue weighted by atomic mass is 19.1. The first-order valence-electron chi connectivity index (χ1n) is 8.98. The molecule has 3 heteroatoms. The van der Waals surface area contributed by atoms with E-state index in [-0.39, 0.29) is 11.2 Å². The Morgan fingerprint density at radius 3 is 2.56 bits per heavy atom. The highest BCUT2D eigenvalue weighted by molar-refractivity contribution is 5.77. The maximum absolute atomic E-state index is 13.6. The third-order valence-electron chi connectivity index (χ3n) is 4.89. The maximum Gasteiger partial charge on any atom is 0.125 e. The Balaban J connectivity index is 0.00000176. The summed E-state index contributed by atoms with van der Waals surface area (Å²) in [7, 11) is 0. The predicted octanol–water partition coefficient (Wildman–Crippen LogP) is 6.01. The summed E-state index contributed by atoms with van der Waals surface area (Å²) in [6, 6.07) is 13.0. The van der Waals surface area contributed by atoms with Crippen LogP contribution in [0.4, 0.5) is 10.1 Å². The molecule has 2 nitrogen and oxygen atoms in total. The van der Waals surface area contributed by atoms with E-state index in [0.717, 1.165) is 40.8 Å². The monoisotopic (exact) mass is 364 g/mol. The number of hydrogen-bond donors (Lipinski definition) is 2. The normalized spacial score (nSPS) is 12.2. The second-order valence-electron chi connectivity index (χ2n) is 6.95. The fourth-order valence-corrected chi connectivity index (χ4v) is 2.89. The van der Waals surface area contributed by atoms with Gasteiger partial charge in [-0.2, -0.15) is 0 Å². The molecule has 1 atom stereocenters. The van der Waals surface area contributed by atoms with Crippen molar-refractivity contribution in [1.29, 1.82) is 5.41 Å². The Hall–Kier alpha value is -2.86. The third-order valence-corrected chi connectivity index (χ3v) is 4.89. The smallest absolute Gasteiger partial charge is 0.125 e. The van der Waals surface area contributed by atoms with Crippen molar-refractivity contribution >= 4 is 11.9 Å². The van der Waals surface area contributed by atoms with E-state index in [1.54, 1.807) is 0 Å². The van der Waals surface area contributed by atoms with E-state index in [9.17, 15) is 4.39 Å². The number of terminal acetylenes is 1. The summed E-state index contributed by atoms with van der Waals surface area (Å²) in [5.74, 6) is -0.219. The van der Waals surface area contributed by atoms with Gasteiger partial charge in [-0.05, 0) is 60.7 Å². The van der Waals surface area contributed by atoms with Gasteiger partial charge in [0, 0.05) is 23.9 Å². The SMILES string of the molecule is C#C.C=C(Cc1cccc(C=N)c1)C(C)(CC)CNc1cc(C)cc(F)c1. The predicted molar refractivity (Wildman–Crippen MR) is 115 cm³/mol. The Morgan fingerprint density at radius 1 is 1.26 bits per heavy atom. The summed E-state index contributed by atoms with van der Waals surface area (Å²) in [5.41, 5.74) is 4.81. The molecule has 2 rings (SSSR count). The van der Waals surface area contributed by atoms with Crippen LogP contribution in [0.1, 0.15) is 37.0 Å². The Kier molecular flexibility index (Phi) is 8.48. The highest BCUT2D eigenvalue weighted by Gasteiger charge is 2.25. The van der Waals surface area contributed by atoms with Crippen molar-refractivity contribution in [3.63, 3.8) is 0 Å². The lowest BCUT2D eigenvalue weighted by atomic mass is 9.77. The zero-order chi connectivity index (χ0) is 20.4. The van der Waals surface area contributed by atoms with Crippen molar-refractivity contribution in [2.24, 2.45) is 5.41 Å². The van der Waals surface area contributed by atoms with Crippen LogP contribution in [0.2, 0.25) is 0 Å². The van der Waals surface area contributed by atoms with Gasteiger partial charge < -0.3 is 10.7 Å². The molecule has 2 aromatic carbocycles. The third kappa shape index (κ3) is 6.42. The molecule has 0 fully saturated rings. The second-order valence-corrected chi connectivity index (χ2v) is 6.95. The van der Waals surface area contributed by atoms with Crippen LogP contribution in [-0.2, 0) is 6.42 Å². The van der Waals surface area contributed by atoms with Crippen LogP contribution >= 0.6 is 0 Å². The van der Waals surface area contributed by atoms with E-state index >= 15 is 0 Å².